The van der Waals surface area contributed by atoms with Gasteiger partial charge < -0.3 is 14.2 Å². The summed E-state index contributed by atoms with van der Waals surface area (Å²) in [7, 11) is 0. The summed E-state index contributed by atoms with van der Waals surface area (Å²) >= 11 is 3.33. The number of carbonyl (C=O) groups excluding carboxylic acids is 1. The number of piperidine rings is 1. The summed E-state index contributed by atoms with van der Waals surface area (Å²) in [5.41, 5.74) is 1.03. The summed E-state index contributed by atoms with van der Waals surface area (Å²) < 4.78 is 10.4. The minimum Gasteiger partial charge on any atom is -0.483 e. The Morgan fingerprint density at radius 2 is 2.21 bits per heavy atom. The summed E-state index contributed by atoms with van der Waals surface area (Å²) in [6.07, 6.45) is 7.55. The highest BCUT2D eigenvalue weighted by Gasteiger charge is 2.24. The van der Waals surface area contributed by atoms with E-state index < -0.39 is 0 Å². The van der Waals surface area contributed by atoms with Crippen LogP contribution in [0.4, 0.5) is 0 Å². The Kier molecular flexibility index (Phi) is 4.52. The lowest BCUT2D eigenvalue weighted by molar-refractivity contribution is -0.134. The van der Waals surface area contributed by atoms with Crippen LogP contribution in [0.25, 0.3) is 20.3 Å². The van der Waals surface area contributed by atoms with Crippen LogP contribution in [0.5, 0.6) is 5.75 Å². The van der Waals surface area contributed by atoms with Gasteiger partial charge in [0.15, 0.2) is 6.61 Å². The highest BCUT2D eigenvalue weighted by Crippen LogP contribution is 2.38. The summed E-state index contributed by atoms with van der Waals surface area (Å²) in [6, 6.07) is 4.49. The monoisotopic (exact) mass is 412 g/mol. The molecular formula is C20H20N4O2S2. The zero-order valence-electron chi connectivity index (χ0n) is 15.5. The van der Waals surface area contributed by atoms with E-state index >= 15 is 0 Å². The summed E-state index contributed by atoms with van der Waals surface area (Å²) in [5.74, 6) is 0.821. The first-order valence-corrected chi connectivity index (χ1v) is 11.0. The molecule has 1 aliphatic heterocycles. The minimum atomic E-state index is 0.0491. The number of hydrogen-bond acceptors (Lipinski definition) is 6. The van der Waals surface area contributed by atoms with E-state index in [1.807, 2.05) is 41.9 Å². The summed E-state index contributed by atoms with van der Waals surface area (Å²) in [4.78, 5) is 23.4. The molecule has 1 fully saturated rings. The average molecular weight is 413 g/mol. The van der Waals surface area contributed by atoms with Crippen molar-refractivity contribution in [1.82, 2.24) is 19.4 Å². The molecule has 6 nitrogen and oxygen atoms in total. The number of fused-ring (bicyclic) bond motifs is 3. The fourth-order valence-corrected chi connectivity index (χ4v) is 5.67. The van der Waals surface area contributed by atoms with Crippen molar-refractivity contribution in [2.24, 2.45) is 0 Å². The second-order valence-electron chi connectivity index (χ2n) is 7.03. The molecule has 0 unspecified atom stereocenters. The van der Waals surface area contributed by atoms with Gasteiger partial charge in [0.2, 0.25) is 0 Å². The molecule has 0 spiro atoms. The molecule has 3 aromatic heterocycles. The average Bonchev–Trinajstić information content (AvgIpc) is 3.45. The molecule has 1 aromatic carbocycles. The molecule has 1 amide bonds. The Labute approximate surface area is 170 Å². The number of aryl methyl sites for hydroxylation is 1. The van der Waals surface area contributed by atoms with Gasteiger partial charge in [-0.05, 0) is 31.2 Å². The molecule has 4 heterocycles. The summed E-state index contributed by atoms with van der Waals surface area (Å²) in [6.45, 7) is 3.60. The number of rotatable bonds is 4. The molecule has 0 bridgehead atoms. The first-order chi connectivity index (χ1) is 13.7. The molecule has 0 atom stereocenters. The van der Waals surface area contributed by atoms with Crippen molar-refractivity contribution in [3.63, 3.8) is 0 Å². The highest BCUT2D eigenvalue weighted by molar-refractivity contribution is 7.21. The van der Waals surface area contributed by atoms with E-state index in [0.29, 0.717) is 6.04 Å². The Morgan fingerprint density at radius 3 is 3.00 bits per heavy atom. The smallest absolute Gasteiger partial charge is 0.260 e. The molecule has 144 valence electrons. The zero-order valence-corrected chi connectivity index (χ0v) is 17.1. The van der Waals surface area contributed by atoms with Crippen molar-refractivity contribution in [3.05, 3.63) is 41.2 Å². The van der Waals surface area contributed by atoms with Gasteiger partial charge in [0.1, 0.15) is 5.75 Å². The maximum absolute atomic E-state index is 12.7. The van der Waals surface area contributed by atoms with Crippen LogP contribution >= 0.6 is 22.7 Å². The Balaban J connectivity index is 1.27. The van der Waals surface area contributed by atoms with Gasteiger partial charge >= 0.3 is 0 Å². The number of amides is 1. The second kappa shape index (κ2) is 7.18. The SMILES string of the molecule is Cc1nc2c(cc(OCC(=O)N3CCC(n4ccnc4)CC3)c3ccsc32)s1. The van der Waals surface area contributed by atoms with Crippen LogP contribution in [0.15, 0.2) is 36.2 Å². The van der Waals surface area contributed by atoms with Crippen molar-refractivity contribution in [1.29, 1.82) is 0 Å². The van der Waals surface area contributed by atoms with Crippen molar-refractivity contribution in [2.45, 2.75) is 25.8 Å². The fraction of sp³-hybridized carbons (Fsp3) is 0.350. The number of thiophene rings is 1. The predicted octanol–water partition coefficient (Wildman–Crippen LogP) is 4.26. The van der Waals surface area contributed by atoms with Crippen molar-refractivity contribution in [2.75, 3.05) is 19.7 Å². The third-order valence-electron chi connectivity index (χ3n) is 5.28. The van der Waals surface area contributed by atoms with Crippen LogP contribution in [0, 0.1) is 6.92 Å². The van der Waals surface area contributed by atoms with E-state index in [1.165, 1.54) is 0 Å². The maximum Gasteiger partial charge on any atom is 0.260 e. The van der Waals surface area contributed by atoms with Gasteiger partial charge in [-0.1, -0.05) is 0 Å². The highest BCUT2D eigenvalue weighted by atomic mass is 32.1. The molecular weight excluding hydrogens is 392 g/mol. The lowest BCUT2D eigenvalue weighted by Crippen LogP contribution is -2.41. The molecule has 28 heavy (non-hydrogen) atoms. The molecule has 4 aromatic rings. The second-order valence-corrected chi connectivity index (χ2v) is 9.18. The van der Waals surface area contributed by atoms with E-state index in [9.17, 15) is 4.79 Å². The molecule has 0 N–H and O–H groups in total. The number of imidazole rings is 1. The number of hydrogen-bond donors (Lipinski definition) is 0. The lowest BCUT2D eigenvalue weighted by Gasteiger charge is -2.32. The quantitative estimate of drug-likeness (QED) is 0.503. The number of benzene rings is 1. The first-order valence-electron chi connectivity index (χ1n) is 9.34. The van der Waals surface area contributed by atoms with E-state index in [1.54, 1.807) is 28.9 Å². The number of likely N-dealkylation sites (tertiary alicyclic amines) is 1. The first kappa shape index (κ1) is 17.6. The molecule has 0 aliphatic carbocycles. The van der Waals surface area contributed by atoms with Crippen LogP contribution in [0.1, 0.15) is 23.9 Å². The van der Waals surface area contributed by atoms with E-state index in [4.69, 9.17) is 4.74 Å². The van der Waals surface area contributed by atoms with Crippen LogP contribution in [0.3, 0.4) is 0 Å². The predicted molar refractivity (Wildman–Crippen MR) is 112 cm³/mol. The van der Waals surface area contributed by atoms with Crippen LogP contribution < -0.4 is 4.74 Å². The normalized spacial score (nSPS) is 15.5. The van der Waals surface area contributed by atoms with Gasteiger partial charge in [0.25, 0.3) is 5.91 Å². The van der Waals surface area contributed by atoms with E-state index in [-0.39, 0.29) is 12.5 Å². The standard InChI is InChI=1S/C20H20N4O2S2/c1-13-22-19-17(28-13)10-16(15-4-9-27-20(15)19)26-11-18(25)23-6-2-14(3-7-23)24-8-5-21-12-24/h4-5,8-10,12,14H,2-3,6-7,11H2,1H3. The van der Waals surface area contributed by atoms with Crippen molar-refractivity contribution in [3.8, 4) is 5.75 Å². The van der Waals surface area contributed by atoms with Gasteiger partial charge in [-0.2, -0.15) is 0 Å². The van der Waals surface area contributed by atoms with Gasteiger partial charge in [-0.3, -0.25) is 4.79 Å². The van der Waals surface area contributed by atoms with E-state index in [2.05, 4.69) is 14.5 Å². The zero-order chi connectivity index (χ0) is 19.1. The number of carbonyl (C=O) groups is 1. The maximum atomic E-state index is 12.7. The molecule has 5 rings (SSSR count). The van der Waals surface area contributed by atoms with Crippen LogP contribution in [-0.4, -0.2) is 45.0 Å². The summed E-state index contributed by atoms with van der Waals surface area (Å²) in [5, 5.41) is 4.13. The molecule has 0 saturated carbocycles. The van der Waals surface area contributed by atoms with Gasteiger partial charge in [0.05, 0.1) is 26.3 Å². The number of aromatic nitrogens is 3. The lowest BCUT2D eigenvalue weighted by atomic mass is 10.1. The molecule has 1 aliphatic rings. The van der Waals surface area contributed by atoms with Crippen molar-refractivity contribution < 1.29 is 9.53 Å². The topological polar surface area (TPSA) is 60.2 Å². The largest absolute Gasteiger partial charge is 0.483 e. The van der Waals surface area contributed by atoms with E-state index in [0.717, 1.165) is 57.0 Å². The molecule has 0 radical (unpaired) electrons. The number of nitrogens with zero attached hydrogens (tertiary/aromatic N) is 4. The molecule has 1 saturated heterocycles. The number of thiazole rings is 1. The van der Waals surface area contributed by atoms with Crippen molar-refractivity contribution >= 4 is 48.9 Å². The Morgan fingerprint density at radius 1 is 1.36 bits per heavy atom. The number of ether oxygens (including phenoxy) is 1. The fourth-order valence-electron chi connectivity index (χ4n) is 3.84. The minimum absolute atomic E-state index is 0.0491. The van der Waals surface area contributed by atoms with Gasteiger partial charge in [-0.25, -0.2) is 9.97 Å². The third-order valence-corrected chi connectivity index (χ3v) is 7.12. The van der Waals surface area contributed by atoms with Gasteiger partial charge in [0, 0.05) is 43.0 Å². The Bertz CT molecular complexity index is 1120. The third kappa shape index (κ3) is 3.16. The molecule has 8 heteroatoms. The van der Waals surface area contributed by atoms with Crippen LogP contribution in [-0.2, 0) is 4.79 Å². The Hall–Kier alpha value is -2.45. The van der Waals surface area contributed by atoms with Gasteiger partial charge in [-0.15, -0.1) is 22.7 Å². The van der Waals surface area contributed by atoms with Crippen LogP contribution in [0.2, 0.25) is 0 Å².